The first-order valence-corrected chi connectivity index (χ1v) is 8.23. The van der Waals surface area contributed by atoms with Crippen LogP contribution in [-0.4, -0.2) is 41.9 Å². The van der Waals surface area contributed by atoms with Gasteiger partial charge in [0.15, 0.2) is 0 Å². The Labute approximate surface area is 128 Å². The molecule has 0 radical (unpaired) electrons. The zero-order chi connectivity index (χ0) is 14.3. The number of amides is 1. The fourth-order valence-corrected chi connectivity index (χ4v) is 4.20. The summed E-state index contributed by atoms with van der Waals surface area (Å²) in [4.78, 5) is 16.7. The summed E-state index contributed by atoms with van der Waals surface area (Å²) < 4.78 is 4.99. The third-order valence-electron chi connectivity index (χ3n) is 4.61. The molecule has 4 heterocycles. The Morgan fingerprint density at radius 2 is 2.24 bits per heavy atom. The van der Waals surface area contributed by atoms with Crippen molar-refractivity contribution < 1.29 is 9.21 Å². The lowest BCUT2D eigenvalue weighted by molar-refractivity contribution is 0.0103. The number of rotatable bonds is 3. The summed E-state index contributed by atoms with van der Waals surface area (Å²) in [6.45, 7) is 5.07. The fourth-order valence-electron chi connectivity index (χ4n) is 3.54. The molecule has 110 valence electrons. The first-order chi connectivity index (χ1) is 10.2. The standard InChI is InChI=1S/C16H18N2O2S/c19-15(14-1-5-20-8-14)18-11-16(12-18)3-4-17(10-16)7-13-2-6-21-9-13/h1-2,5-6,8-9H,3-4,7,10-12H2. The molecule has 4 nitrogen and oxygen atoms in total. The Bertz CT molecular complexity index is 615. The number of nitrogens with zero attached hydrogens (tertiary/aromatic N) is 2. The molecular formula is C16H18N2O2S. The molecule has 21 heavy (non-hydrogen) atoms. The van der Waals surface area contributed by atoms with Gasteiger partial charge in [0.1, 0.15) is 6.26 Å². The largest absolute Gasteiger partial charge is 0.472 e. The van der Waals surface area contributed by atoms with E-state index in [1.54, 1.807) is 23.7 Å². The second-order valence-corrected chi connectivity index (χ2v) is 7.05. The zero-order valence-corrected chi connectivity index (χ0v) is 12.6. The van der Waals surface area contributed by atoms with Crippen LogP contribution in [0.2, 0.25) is 0 Å². The summed E-state index contributed by atoms with van der Waals surface area (Å²) in [5.74, 6) is 0.102. The lowest BCUT2D eigenvalue weighted by Gasteiger charge is -2.48. The van der Waals surface area contributed by atoms with Gasteiger partial charge < -0.3 is 9.32 Å². The van der Waals surface area contributed by atoms with Crippen molar-refractivity contribution in [3.63, 3.8) is 0 Å². The van der Waals surface area contributed by atoms with E-state index in [0.29, 0.717) is 11.0 Å². The van der Waals surface area contributed by atoms with Gasteiger partial charge in [-0.25, -0.2) is 0 Å². The van der Waals surface area contributed by atoms with Crippen molar-refractivity contribution in [1.29, 1.82) is 0 Å². The highest BCUT2D eigenvalue weighted by atomic mass is 32.1. The summed E-state index contributed by atoms with van der Waals surface area (Å²) in [7, 11) is 0. The molecule has 2 saturated heterocycles. The molecule has 0 aliphatic carbocycles. The van der Waals surface area contributed by atoms with E-state index < -0.39 is 0 Å². The van der Waals surface area contributed by atoms with E-state index in [2.05, 4.69) is 21.7 Å². The maximum atomic E-state index is 12.2. The van der Waals surface area contributed by atoms with Crippen LogP contribution < -0.4 is 0 Å². The highest BCUT2D eigenvalue weighted by molar-refractivity contribution is 7.07. The normalized spacial score (nSPS) is 20.9. The lowest BCUT2D eigenvalue weighted by atomic mass is 9.79. The van der Waals surface area contributed by atoms with Crippen LogP contribution in [0.25, 0.3) is 0 Å². The van der Waals surface area contributed by atoms with Crippen LogP contribution in [0.15, 0.2) is 39.8 Å². The second kappa shape index (κ2) is 5.00. The molecule has 1 spiro atoms. The molecule has 0 aromatic carbocycles. The van der Waals surface area contributed by atoms with Gasteiger partial charge in [0.2, 0.25) is 0 Å². The molecule has 0 unspecified atom stereocenters. The van der Waals surface area contributed by atoms with Crippen molar-refractivity contribution in [3.05, 3.63) is 46.5 Å². The molecule has 0 N–H and O–H groups in total. The highest BCUT2D eigenvalue weighted by Gasteiger charge is 2.49. The van der Waals surface area contributed by atoms with Crippen LogP contribution in [0.3, 0.4) is 0 Å². The van der Waals surface area contributed by atoms with Crippen molar-refractivity contribution in [1.82, 2.24) is 9.80 Å². The van der Waals surface area contributed by atoms with Gasteiger partial charge in [0.05, 0.1) is 11.8 Å². The smallest absolute Gasteiger partial charge is 0.257 e. The van der Waals surface area contributed by atoms with Crippen LogP contribution in [-0.2, 0) is 6.54 Å². The van der Waals surface area contributed by atoms with Gasteiger partial charge in [-0.3, -0.25) is 9.69 Å². The van der Waals surface area contributed by atoms with Crippen LogP contribution >= 0.6 is 11.3 Å². The van der Waals surface area contributed by atoms with Gasteiger partial charge in [0.25, 0.3) is 5.91 Å². The predicted molar refractivity (Wildman–Crippen MR) is 81.3 cm³/mol. The van der Waals surface area contributed by atoms with E-state index in [0.717, 1.165) is 32.7 Å². The Hall–Kier alpha value is -1.59. The minimum atomic E-state index is 0.102. The van der Waals surface area contributed by atoms with Gasteiger partial charge in [-0.1, -0.05) is 0 Å². The minimum Gasteiger partial charge on any atom is -0.472 e. The number of hydrogen-bond acceptors (Lipinski definition) is 4. The van der Waals surface area contributed by atoms with Crippen LogP contribution in [0, 0.1) is 5.41 Å². The molecule has 5 heteroatoms. The molecular weight excluding hydrogens is 284 g/mol. The molecule has 2 aliphatic rings. The lowest BCUT2D eigenvalue weighted by Crippen LogP contribution is -2.59. The van der Waals surface area contributed by atoms with Crippen molar-refractivity contribution >= 4 is 17.2 Å². The van der Waals surface area contributed by atoms with Crippen molar-refractivity contribution in [2.45, 2.75) is 13.0 Å². The zero-order valence-electron chi connectivity index (χ0n) is 11.8. The molecule has 2 aliphatic heterocycles. The summed E-state index contributed by atoms with van der Waals surface area (Å²) in [5, 5.41) is 4.36. The Morgan fingerprint density at radius 1 is 1.33 bits per heavy atom. The SMILES string of the molecule is O=C(c1ccoc1)N1CC2(CCN(Cc3ccsc3)C2)C1. The average molecular weight is 302 g/mol. The maximum absolute atomic E-state index is 12.2. The third kappa shape index (κ3) is 2.40. The predicted octanol–water partition coefficient (Wildman–Crippen LogP) is 2.69. The van der Waals surface area contributed by atoms with Crippen molar-refractivity contribution in [2.24, 2.45) is 5.41 Å². The van der Waals surface area contributed by atoms with Gasteiger partial charge in [-0.2, -0.15) is 11.3 Å². The number of hydrogen-bond donors (Lipinski definition) is 0. The third-order valence-corrected chi connectivity index (χ3v) is 5.34. The maximum Gasteiger partial charge on any atom is 0.257 e. The van der Waals surface area contributed by atoms with Crippen LogP contribution in [0.5, 0.6) is 0 Å². The van der Waals surface area contributed by atoms with Gasteiger partial charge in [-0.15, -0.1) is 0 Å². The molecule has 4 rings (SSSR count). The van der Waals surface area contributed by atoms with E-state index in [-0.39, 0.29) is 5.91 Å². The topological polar surface area (TPSA) is 36.7 Å². The monoisotopic (exact) mass is 302 g/mol. The van der Waals surface area contributed by atoms with E-state index in [1.807, 2.05) is 4.90 Å². The van der Waals surface area contributed by atoms with Gasteiger partial charge >= 0.3 is 0 Å². The first kappa shape index (κ1) is 13.1. The van der Waals surface area contributed by atoms with Crippen LogP contribution in [0.1, 0.15) is 22.3 Å². The summed E-state index contributed by atoms with van der Waals surface area (Å²) in [5.41, 5.74) is 2.40. The summed E-state index contributed by atoms with van der Waals surface area (Å²) >= 11 is 1.76. The first-order valence-electron chi connectivity index (χ1n) is 7.29. The molecule has 0 saturated carbocycles. The molecule has 0 atom stereocenters. The Balaban J connectivity index is 1.34. The number of thiophene rings is 1. The Kier molecular flexibility index (Phi) is 3.12. The van der Waals surface area contributed by atoms with Crippen molar-refractivity contribution in [2.75, 3.05) is 26.2 Å². The number of likely N-dealkylation sites (tertiary alicyclic amines) is 2. The quantitative estimate of drug-likeness (QED) is 0.874. The summed E-state index contributed by atoms with van der Waals surface area (Å²) in [6.07, 6.45) is 4.29. The van der Waals surface area contributed by atoms with Crippen molar-refractivity contribution in [3.8, 4) is 0 Å². The van der Waals surface area contributed by atoms with E-state index in [4.69, 9.17) is 4.42 Å². The Morgan fingerprint density at radius 3 is 2.95 bits per heavy atom. The number of carbonyl (C=O) groups excluding carboxylic acids is 1. The van der Waals surface area contributed by atoms with Gasteiger partial charge in [0, 0.05) is 31.6 Å². The van der Waals surface area contributed by atoms with E-state index in [9.17, 15) is 4.79 Å². The number of furan rings is 1. The van der Waals surface area contributed by atoms with Gasteiger partial charge in [-0.05, 0) is 41.4 Å². The highest BCUT2D eigenvalue weighted by Crippen LogP contribution is 2.40. The summed E-state index contributed by atoms with van der Waals surface area (Å²) in [6, 6.07) is 3.94. The second-order valence-electron chi connectivity index (χ2n) is 6.27. The fraction of sp³-hybridized carbons (Fsp3) is 0.438. The van der Waals surface area contributed by atoms with E-state index >= 15 is 0 Å². The van der Waals surface area contributed by atoms with E-state index in [1.165, 1.54) is 18.2 Å². The number of carbonyl (C=O) groups is 1. The molecule has 1 amide bonds. The molecule has 2 aromatic rings. The molecule has 2 aromatic heterocycles. The van der Waals surface area contributed by atoms with Crippen LogP contribution in [0.4, 0.5) is 0 Å². The molecule has 2 fully saturated rings. The average Bonchev–Trinajstić information content (AvgIpc) is 3.18. The minimum absolute atomic E-state index is 0.102. The molecule has 0 bridgehead atoms.